The quantitative estimate of drug-likeness (QED) is 0.292. The highest BCUT2D eigenvalue weighted by molar-refractivity contribution is 7.87. The van der Waals surface area contributed by atoms with Gasteiger partial charge in [-0.3, -0.25) is 9.67 Å². The Morgan fingerprint density at radius 1 is 0.974 bits per heavy atom. The van der Waals surface area contributed by atoms with Crippen molar-refractivity contribution in [2.75, 3.05) is 6.54 Å². The highest BCUT2D eigenvalue weighted by atomic mass is 32.2. The zero-order valence-corrected chi connectivity index (χ0v) is 21.2. The number of halogens is 3. The molecular weight excluding hydrogens is 521 g/mol. The molecule has 0 unspecified atom stereocenters. The van der Waals surface area contributed by atoms with Crippen LogP contribution in [0.4, 0.5) is 18.0 Å². The molecule has 2 aromatic carbocycles. The molecule has 8 nitrogen and oxygen atoms in total. The lowest BCUT2D eigenvalue weighted by atomic mass is 9.96. The molecule has 38 heavy (non-hydrogen) atoms. The maximum absolute atomic E-state index is 16.0. The number of amides is 1. The van der Waals surface area contributed by atoms with Crippen molar-refractivity contribution in [3.05, 3.63) is 78.5 Å². The van der Waals surface area contributed by atoms with Crippen molar-refractivity contribution in [1.29, 1.82) is 0 Å². The van der Waals surface area contributed by atoms with E-state index in [0.29, 0.717) is 24.1 Å². The van der Waals surface area contributed by atoms with Crippen LogP contribution in [0.5, 0.6) is 0 Å². The number of hydrogen-bond acceptors (Lipinski definition) is 6. The minimum Gasteiger partial charge on any atom is -0.324 e. The number of aryl methyl sites for hydroxylation is 1. The van der Waals surface area contributed by atoms with Crippen LogP contribution in [0, 0.1) is 17.5 Å². The van der Waals surface area contributed by atoms with Gasteiger partial charge in [0.15, 0.2) is 5.82 Å². The van der Waals surface area contributed by atoms with Gasteiger partial charge < -0.3 is 9.50 Å². The molecule has 2 heterocycles. The third-order valence-electron chi connectivity index (χ3n) is 5.63. The highest BCUT2D eigenvalue weighted by Gasteiger charge is 2.29. The molecule has 0 saturated carbocycles. The summed E-state index contributed by atoms with van der Waals surface area (Å²) < 4.78 is 77.7. The molecule has 4 rings (SSSR count). The number of pyridine rings is 1. The average molecular weight is 545 g/mol. The van der Waals surface area contributed by atoms with E-state index in [4.69, 9.17) is 0 Å². The maximum atomic E-state index is 16.0. The standard InChI is InChI=1S/C26H23F3N4O4S/c1-3-12-31-26(34)37-38(35,36)21-7-5-6-17(23(21)28)18-8-9-20(27)22(24(18)29)25-19(15-33(4-2)32-25)16-10-13-30-14-11-16/h5-11,13-15H,3-4,12H2,1-2H3,(H,31,34). The van der Waals surface area contributed by atoms with Gasteiger partial charge in [-0.2, -0.15) is 13.5 Å². The molecule has 12 heteroatoms. The SMILES string of the molecule is CCCNC(=O)OS(=O)(=O)c1cccc(-c2ccc(F)c(-c3nn(CC)cc3-c3ccncc3)c2F)c1F. The van der Waals surface area contributed by atoms with Gasteiger partial charge in [-0.15, -0.1) is 0 Å². The van der Waals surface area contributed by atoms with Crippen molar-refractivity contribution in [2.45, 2.75) is 31.7 Å². The number of nitrogens with zero attached hydrogens (tertiary/aromatic N) is 3. The van der Waals surface area contributed by atoms with Crippen LogP contribution in [0.2, 0.25) is 0 Å². The molecule has 0 spiro atoms. The first-order chi connectivity index (χ1) is 18.2. The van der Waals surface area contributed by atoms with Crippen LogP contribution >= 0.6 is 0 Å². The van der Waals surface area contributed by atoms with E-state index in [1.54, 1.807) is 25.3 Å². The minimum atomic E-state index is -4.88. The summed E-state index contributed by atoms with van der Waals surface area (Å²) in [4.78, 5) is 14.8. The molecule has 4 aromatic rings. The van der Waals surface area contributed by atoms with E-state index < -0.39 is 55.2 Å². The lowest BCUT2D eigenvalue weighted by Gasteiger charge is -2.13. The smallest absolute Gasteiger partial charge is 0.324 e. The van der Waals surface area contributed by atoms with Crippen molar-refractivity contribution < 1.29 is 30.6 Å². The lowest BCUT2D eigenvalue weighted by molar-refractivity contribution is 0.202. The first-order valence-corrected chi connectivity index (χ1v) is 13.1. The van der Waals surface area contributed by atoms with E-state index in [-0.39, 0.29) is 12.2 Å². The second-order valence-corrected chi connectivity index (χ2v) is 9.65. The Hall–Kier alpha value is -4.19. The molecule has 0 aliphatic rings. The lowest BCUT2D eigenvalue weighted by Crippen LogP contribution is -2.27. The summed E-state index contributed by atoms with van der Waals surface area (Å²) >= 11 is 0. The van der Waals surface area contributed by atoms with Crippen LogP contribution in [0.3, 0.4) is 0 Å². The monoisotopic (exact) mass is 544 g/mol. The number of aromatic nitrogens is 3. The van der Waals surface area contributed by atoms with Crippen LogP contribution in [0.15, 0.2) is 66.0 Å². The Bertz CT molecular complexity index is 1590. The van der Waals surface area contributed by atoms with Crippen LogP contribution < -0.4 is 5.32 Å². The van der Waals surface area contributed by atoms with E-state index in [1.165, 1.54) is 17.1 Å². The maximum Gasteiger partial charge on any atom is 0.423 e. The number of rotatable bonds is 8. The predicted molar refractivity (Wildman–Crippen MR) is 134 cm³/mol. The summed E-state index contributed by atoms with van der Waals surface area (Å²) in [6, 6.07) is 8.45. The van der Waals surface area contributed by atoms with E-state index in [9.17, 15) is 13.2 Å². The molecule has 2 aromatic heterocycles. The fraction of sp³-hybridized carbons (Fsp3) is 0.192. The van der Waals surface area contributed by atoms with Gasteiger partial charge in [0.2, 0.25) is 0 Å². The van der Waals surface area contributed by atoms with Gasteiger partial charge in [-0.05, 0) is 49.2 Å². The molecule has 1 N–H and O–H groups in total. The Morgan fingerprint density at radius 3 is 2.37 bits per heavy atom. The fourth-order valence-electron chi connectivity index (χ4n) is 3.80. The Kier molecular flexibility index (Phi) is 7.81. The van der Waals surface area contributed by atoms with E-state index in [0.717, 1.165) is 30.3 Å². The Balaban J connectivity index is 1.84. The zero-order chi connectivity index (χ0) is 27.4. The number of carbonyl (C=O) groups is 1. The second-order valence-electron chi connectivity index (χ2n) is 8.14. The first kappa shape index (κ1) is 26.9. The molecule has 0 radical (unpaired) electrons. The predicted octanol–water partition coefficient (Wildman–Crippen LogP) is 5.54. The van der Waals surface area contributed by atoms with Crippen molar-refractivity contribution in [2.24, 2.45) is 0 Å². The van der Waals surface area contributed by atoms with Gasteiger partial charge in [0.05, 0.1) is 5.56 Å². The van der Waals surface area contributed by atoms with E-state index in [1.807, 2.05) is 6.92 Å². The first-order valence-electron chi connectivity index (χ1n) is 11.6. The molecule has 1 amide bonds. The third kappa shape index (κ3) is 5.25. The molecule has 0 saturated heterocycles. The van der Waals surface area contributed by atoms with E-state index in [2.05, 4.69) is 19.6 Å². The summed E-state index contributed by atoms with van der Waals surface area (Å²) in [5, 5.41) is 6.54. The van der Waals surface area contributed by atoms with Crippen LogP contribution in [-0.2, 0) is 20.8 Å². The third-order valence-corrected chi connectivity index (χ3v) is 6.86. The van der Waals surface area contributed by atoms with Crippen molar-refractivity contribution in [3.8, 4) is 33.5 Å². The summed E-state index contributed by atoms with van der Waals surface area (Å²) in [5.41, 5.74) is -0.371. The number of hydrogen-bond donors (Lipinski definition) is 1. The molecule has 0 aliphatic carbocycles. The van der Waals surface area contributed by atoms with Gasteiger partial charge >= 0.3 is 16.2 Å². The summed E-state index contributed by atoms with van der Waals surface area (Å²) in [6.07, 6.45) is 3.92. The number of carbonyl (C=O) groups excluding carboxylic acids is 1. The van der Waals surface area contributed by atoms with Gasteiger partial charge in [0, 0.05) is 48.4 Å². The second kappa shape index (κ2) is 11.1. The molecule has 0 fully saturated rings. The van der Waals surface area contributed by atoms with E-state index >= 15 is 13.2 Å². The minimum absolute atomic E-state index is 0.0185. The fourth-order valence-corrected chi connectivity index (χ4v) is 4.72. The summed E-state index contributed by atoms with van der Waals surface area (Å²) in [7, 11) is -4.88. The van der Waals surface area contributed by atoms with Crippen LogP contribution in [-0.4, -0.2) is 35.8 Å². The Morgan fingerprint density at radius 2 is 1.68 bits per heavy atom. The largest absolute Gasteiger partial charge is 0.423 e. The molecule has 0 aliphatic heterocycles. The molecule has 0 atom stereocenters. The zero-order valence-electron chi connectivity index (χ0n) is 20.4. The number of nitrogens with one attached hydrogen (secondary N) is 1. The Labute approximate surface area is 217 Å². The van der Waals surface area contributed by atoms with Crippen molar-refractivity contribution in [3.63, 3.8) is 0 Å². The van der Waals surface area contributed by atoms with Gasteiger partial charge in [0.1, 0.15) is 22.2 Å². The normalized spacial score (nSPS) is 11.4. The molecule has 198 valence electrons. The number of benzene rings is 2. The van der Waals surface area contributed by atoms with Crippen LogP contribution in [0.1, 0.15) is 20.3 Å². The van der Waals surface area contributed by atoms with Gasteiger partial charge in [-0.25, -0.2) is 18.0 Å². The van der Waals surface area contributed by atoms with Gasteiger partial charge in [-0.1, -0.05) is 19.1 Å². The topological polar surface area (TPSA) is 103 Å². The summed E-state index contributed by atoms with van der Waals surface area (Å²) in [5.74, 6) is -3.44. The van der Waals surface area contributed by atoms with Crippen molar-refractivity contribution in [1.82, 2.24) is 20.1 Å². The molecule has 0 bridgehead atoms. The van der Waals surface area contributed by atoms with Crippen molar-refractivity contribution >= 4 is 16.2 Å². The molecular formula is C26H23F3N4O4S. The summed E-state index contributed by atoms with van der Waals surface area (Å²) in [6.45, 7) is 4.12. The van der Waals surface area contributed by atoms with Crippen LogP contribution in [0.25, 0.3) is 33.5 Å². The highest BCUT2D eigenvalue weighted by Crippen LogP contribution is 2.39. The van der Waals surface area contributed by atoms with Gasteiger partial charge in [0.25, 0.3) is 0 Å². The average Bonchev–Trinajstić information content (AvgIpc) is 3.32.